The van der Waals surface area contributed by atoms with Crippen LogP contribution in [0.15, 0.2) is 17.3 Å². The normalized spacial score (nSPS) is 13.0. The molecule has 1 atom stereocenters. The fourth-order valence-corrected chi connectivity index (χ4v) is 1.14. The van der Waals surface area contributed by atoms with Crippen LogP contribution in [0, 0.1) is 0 Å². The first kappa shape index (κ1) is 7.63. The number of hydrogen-bond donors (Lipinski definition) is 0. The van der Waals surface area contributed by atoms with Crippen molar-refractivity contribution in [2.24, 2.45) is 0 Å². The summed E-state index contributed by atoms with van der Waals surface area (Å²) in [5.74, 6) is 0. The van der Waals surface area contributed by atoms with Crippen molar-refractivity contribution in [3.8, 4) is 0 Å². The maximum absolute atomic E-state index is 10.8. The molecule has 0 saturated heterocycles. The maximum atomic E-state index is 10.8. The molecule has 0 N–H and O–H groups in total. The summed E-state index contributed by atoms with van der Waals surface area (Å²) >= 11 is 5.43. The van der Waals surface area contributed by atoms with Gasteiger partial charge in [0, 0.05) is 12.5 Å². The Morgan fingerprint density at radius 2 is 2.40 bits per heavy atom. The van der Waals surface area contributed by atoms with Crippen LogP contribution in [0.3, 0.4) is 0 Å². The Kier molecular flexibility index (Phi) is 2.34. The molecule has 1 aromatic rings. The van der Waals surface area contributed by atoms with Gasteiger partial charge in [-0.3, -0.25) is 4.21 Å². The lowest BCUT2D eigenvalue weighted by molar-refractivity contribution is 0.683. The van der Waals surface area contributed by atoms with Gasteiger partial charge < -0.3 is 0 Å². The van der Waals surface area contributed by atoms with Gasteiger partial charge >= 0.3 is 0 Å². The predicted octanol–water partition coefficient (Wildman–Crippen LogP) is 0.867. The second-order valence-corrected chi connectivity index (χ2v) is 3.28. The molecule has 0 amide bonds. The molecule has 0 fully saturated rings. The molecule has 1 heterocycles. The number of hydrogen-bond acceptors (Lipinski definition) is 3. The summed E-state index contributed by atoms with van der Waals surface area (Å²) in [6.45, 7) is 0. The lowest BCUT2D eigenvalue weighted by Crippen LogP contribution is -1.92. The van der Waals surface area contributed by atoms with Gasteiger partial charge in [-0.05, 0) is 17.7 Å². The quantitative estimate of drug-likeness (QED) is 0.471. The topological polar surface area (TPSA) is 42.9 Å². The fraction of sp³-hybridized carbons (Fsp3) is 0.200. The minimum absolute atomic E-state index is 0.132. The molecule has 1 unspecified atom stereocenters. The molecule has 1 rings (SSSR count). The Bertz CT molecular complexity index is 266. The van der Waals surface area contributed by atoms with Crippen molar-refractivity contribution in [1.82, 2.24) is 9.97 Å². The zero-order valence-corrected chi connectivity index (χ0v) is 6.82. The van der Waals surface area contributed by atoms with Gasteiger partial charge in [0.2, 0.25) is 5.28 Å². The molecular weight excluding hydrogens is 172 g/mol. The minimum atomic E-state index is -1.07. The van der Waals surface area contributed by atoms with Crippen LogP contribution in [0.1, 0.15) is 0 Å². The molecule has 0 aromatic carbocycles. The third-order valence-corrected chi connectivity index (χ3v) is 1.89. The molecule has 1 aromatic heterocycles. The molecule has 5 heteroatoms. The van der Waals surface area contributed by atoms with Gasteiger partial charge in [0.25, 0.3) is 0 Å². The van der Waals surface area contributed by atoms with Crippen molar-refractivity contribution in [1.29, 1.82) is 0 Å². The highest BCUT2D eigenvalue weighted by Gasteiger charge is 1.98. The van der Waals surface area contributed by atoms with E-state index in [1.807, 2.05) is 0 Å². The Hall–Kier alpha value is -0.480. The van der Waals surface area contributed by atoms with Crippen molar-refractivity contribution < 1.29 is 4.21 Å². The summed E-state index contributed by atoms with van der Waals surface area (Å²) in [6, 6.07) is 1.57. The summed E-state index contributed by atoms with van der Waals surface area (Å²) in [7, 11) is -1.07. The summed E-state index contributed by atoms with van der Waals surface area (Å²) in [5.41, 5.74) is 0. The second-order valence-electron chi connectivity index (χ2n) is 1.62. The highest BCUT2D eigenvalue weighted by atomic mass is 35.5. The molecule has 0 saturated carbocycles. The van der Waals surface area contributed by atoms with Crippen LogP contribution in [0.5, 0.6) is 0 Å². The number of aromatic nitrogens is 2. The highest BCUT2D eigenvalue weighted by molar-refractivity contribution is 7.84. The highest BCUT2D eigenvalue weighted by Crippen LogP contribution is 2.03. The monoisotopic (exact) mass is 176 g/mol. The summed E-state index contributed by atoms with van der Waals surface area (Å²) in [5, 5.41) is 0.590. The molecule has 0 aliphatic carbocycles. The van der Waals surface area contributed by atoms with E-state index in [0.29, 0.717) is 5.03 Å². The molecule has 0 spiro atoms. The van der Waals surface area contributed by atoms with Crippen LogP contribution in [0.4, 0.5) is 0 Å². The number of rotatable bonds is 1. The molecule has 0 aliphatic heterocycles. The van der Waals surface area contributed by atoms with Crippen LogP contribution in [0.25, 0.3) is 0 Å². The summed E-state index contributed by atoms with van der Waals surface area (Å²) in [6.07, 6.45) is 3.02. The molecule has 54 valence electrons. The Balaban J connectivity index is 3.07. The third-order valence-electron chi connectivity index (χ3n) is 0.895. The number of halogens is 1. The van der Waals surface area contributed by atoms with Crippen molar-refractivity contribution in [3.05, 3.63) is 17.5 Å². The lowest BCUT2D eigenvalue weighted by atomic mass is 10.7. The van der Waals surface area contributed by atoms with Gasteiger partial charge in [-0.1, -0.05) is 0 Å². The first-order valence-electron chi connectivity index (χ1n) is 2.52. The van der Waals surface area contributed by atoms with E-state index >= 15 is 0 Å². The van der Waals surface area contributed by atoms with Crippen LogP contribution in [0.2, 0.25) is 5.28 Å². The Morgan fingerprint density at radius 1 is 1.70 bits per heavy atom. The van der Waals surface area contributed by atoms with Crippen LogP contribution >= 0.6 is 11.6 Å². The molecular formula is C5H5ClN2OS. The minimum Gasteiger partial charge on any atom is -0.253 e. The SMILES string of the molecule is CS(=O)c1ccnc(Cl)n1. The van der Waals surface area contributed by atoms with Crippen LogP contribution < -0.4 is 0 Å². The van der Waals surface area contributed by atoms with E-state index in [9.17, 15) is 4.21 Å². The molecule has 10 heavy (non-hydrogen) atoms. The first-order valence-corrected chi connectivity index (χ1v) is 4.46. The Labute approximate surface area is 65.9 Å². The van der Waals surface area contributed by atoms with Gasteiger partial charge in [-0.25, -0.2) is 9.97 Å². The van der Waals surface area contributed by atoms with Crippen LogP contribution in [-0.4, -0.2) is 20.4 Å². The van der Waals surface area contributed by atoms with Gasteiger partial charge in [0.15, 0.2) is 0 Å². The van der Waals surface area contributed by atoms with Crippen molar-refractivity contribution in [3.63, 3.8) is 0 Å². The predicted molar refractivity (Wildman–Crippen MR) is 39.4 cm³/mol. The third kappa shape index (κ3) is 1.75. The van der Waals surface area contributed by atoms with E-state index in [1.54, 1.807) is 12.3 Å². The second kappa shape index (κ2) is 3.07. The van der Waals surface area contributed by atoms with E-state index in [0.717, 1.165) is 0 Å². The Morgan fingerprint density at radius 3 is 2.80 bits per heavy atom. The first-order chi connectivity index (χ1) is 4.70. The average molecular weight is 177 g/mol. The smallest absolute Gasteiger partial charge is 0.223 e. The fourth-order valence-electron chi connectivity index (χ4n) is 0.480. The summed E-state index contributed by atoms with van der Waals surface area (Å²) < 4.78 is 10.8. The maximum Gasteiger partial charge on any atom is 0.223 e. The van der Waals surface area contributed by atoms with Gasteiger partial charge in [0.05, 0.1) is 10.8 Å². The summed E-state index contributed by atoms with van der Waals surface area (Å²) in [4.78, 5) is 7.37. The van der Waals surface area contributed by atoms with E-state index in [4.69, 9.17) is 11.6 Å². The van der Waals surface area contributed by atoms with E-state index < -0.39 is 10.8 Å². The van der Waals surface area contributed by atoms with Crippen LogP contribution in [-0.2, 0) is 10.8 Å². The lowest BCUT2D eigenvalue weighted by Gasteiger charge is -1.92. The van der Waals surface area contributed by atoms with E-state index in [-0.39, 0.29) is 5.28 Å². The molecule has 0 bridgehead atoms. The van der Waals surface area contributed by atoms with E-state index in [1.165, 1.54) is 6.20 Å². The van der Waals surface area contributed by atoms with Gasteiger partial charge in [-0.2, -0.15) is 0 Å². The van der Waals surface area contributed by atoms with Crippen molar-refractivity contribution in [2.75, 3.05) is 6.26 Å². The van der Waals surface area contributed by atoms with Gasteiger partial charge in [0.1, 0.15) is 5.03 Å². The molecule has 0 aliphatic rings. The molecule has 3 nitrogen and oxygen atoms in total. The van der Waals surface area contributed by atoms with Crippen molar-refractivity contribution in [2.45, 2.75) is 5.03 Å². The largest absolute Gasteiger partial charge is 0.253 e. The van der Waals surface area contributed by atoms with Gasteiger partial charge in [-0.15, -0.1) is 0 Å². The zero-order valence-electron chi connectivity index (χ0n) is 5.24. The average Bonchev–Trinajstić information content (AvgIpc) is 1.88. The van der Waals surface area contributed by atoms with Crippen molar-refractivity contribution >= 4 is 22.4 Å². The molecule has 0 radical (unpaired) electrons. The zero-order chi connectivity index (χ0) is 7.56. The standard InChI is InChI=1S/C5H5ClN2OS/c1-10(9)4-2-3-7-5(6)8-4/h2-3H,1H3. The number of nitrogens with zero attached hydrogens (tertiary/aromatic N) is 2. The van der Waals surface area contributed by atoms with E-state index in [2.05, 4.69) is 9.97 Å².